The number of benzene rings is 1. The molecule has 1 unspecified atom stereocenters. The van der Waals surface area contributed by atoms with E-state index in [0.717, 1.165) is 12.1 Å². The van der Waals surface area contributed by atoms with E-state index in [2.05, 4.69) is 5.32 Å². The summed E-state index contributed by atoms with van der Waals surface area (Å²) >= 11 is 5.86. The van der Waals surface area contributed by atoms with Crippen LogP contribution in [0.2, 0.25) is 5.02 Å². The van der Waals surface area contributed by atoms with E-state index in [1.807, 2.05) is 18.2 Å². The van der Waals surface area contributed by atoms with E-state index in [1.54, 1.807) is 6.07 Å². The van der Waals surface area contributed by atoms with Crippen LogP contribution in [0.25, 0.3) is 0 Å². The number of ether oxygens (including phenoxy) is 1. The molecule has 4 heteroatoms. The van der Waals surface area contributed by atoms with Gasteiger partial charge in [0.05, 0.1) is 6.61 Å². The highest BCUT2D eigenvalue weighted by atomic mass is 35.5. The maximum absolute atomic E-state index is 11.9. The fourth-order valence-corrected chi connectivity index (χ4v) is 1.95. The summed E-state index contributed by atoms with van der Waals surface area (Å²) in [6.07, 6.45) is 0.0696. The highest BCUT2D eigenvalue weighted by Gasteiger charge is 2.21. The maximum atomic E-state index is 11.9. The first-order valence-corrected chi connectivity index (χ1v) is 5.73. The Balaban J connectivity index is 1.96. The summed E-state index contributed by atoms with van der Waals surface area (Å²) in [4.78, 5) is 11.9. The van der Waals surface area contributed by atoms with Crippen molar-refractivity contribution in [3.63, 3.8) is 0 Å². The van der Waals surface area contributed by atoms with Crippen molar-refractivity contribution < 1.29 is 9.53 Å². The minimum Gasteiger partial charge on any atom is -0.368 e. The van der Waals surface area contributed by atoms with E-state index in [0.29, 0.717) is 24.6 Å². The highest BCUT2D eigenvalue weighted by Crippen LogP contribution is 2.12. The fraction of sp³-hybridized carbons (Fsp3) is 0.417. The molecule has 1 atom stereocenters. The van der Waals surface area contributed by atoms with Crippen molar-refractivity contribution in [3.05, 3.63) is 34.9 Å². The third-order valence-corrected chi connectivity index (χ3v) is 2.79. The molecule has 1 aromatic carbocycles. The first-order chi connectivity index (χ1) is 7.75. The van der Waals surface area contributed by atoms with E-state index in [-0.39, 0.29) is 11.9 Å². The molecular weight excluding hydrogens is 226 g/mol. The van der Waals surface area contributed by atoms with Gasteiger partial charge in [0.25, 0.3) is 0 Å². The molecule has 1 heterocycles. The summed E-state index contributed by atoms with van der Waals surface area (Å²) in [5, 5.41) is 3.80. The number of nitrogens with one attached hydrogen (secondary N) is 1. The zero-order valence-electron chi connectivity index (χ0n) is 8.91. The molecule has 16 heavy (non-hydrogen) atoms. The smallest absolute Gasteiger partial charge is 0.167 e. The van der Waals surface area contributed by atoms with Crippen LogP contribution < -0.4 is 5.32 Å². The van der Waals surface area contributed by atoms with Gasteiger partial charge in [0.1, 0.15) is 6.10 Å². The highest BCUT2D eigenvalue weighted by molar-refractivity contribution is 6.30. The monoisotopic (exact) mass is 239 g/mol. The van der Waals surface area contributed by atoms with Gasteiger partial charge >= 0.3 is 0 Å². The summed E-state index contributed by atoms with van der Waals surface area (Å²) in [5.41, 5.74) is 0.937. The first kappa shape index (κ1) is 11.6. The molecule has 1 aromatic rings. The van der Waals surface area contributed by atoms with Gasteiger partial charge in [0, 0.05) is 24.5 Å². The molecule has 86 valence electrons. The van der Waals surface area contributed by atoms with E-state index >= 15 is 0 Å². The van der Waals surface area contributed by atoms with Crippen molar-refractivity contribution in [3.8, 4) is 0 Å². The van der Waals surface area contributed by atoms with E-state index < -0.39 is 0 Å². The molecule has 1 N–H and O–H groups in total. The topological polar surface area (TPSA) is 38.3 Å². The molecule has 0 aliphatic carbocycles. The number of morpholine rings is 1. The zero-order chi connectivity index (χ0) is 11.4. The van der Waals surface area contributed by atoms with E-state index in [9.17, 15) is 4.79 Å². The van der Waals surface area contributed by atoms with Gasteiger partial charge in [-0.2, -0.15) is 0 Å². The third-order valence-electron chi connectivity index (χ3n) is 2.55. The number of hydrogen-bond donors (Lipinski definition) is 1. The van der Waals surface area contributed by atoms with Crippen molar-refractivity contribution in [1.82, 2.24) is 5.32 Å². The first-order valence-electron chi connectivity index (χ1n) is 5.35. The van der Waals surface area contributed by atoms with Gasteiger partial charge in [0.2, 0.25) is 0 Å². The summed E-state index contributed by atoms with van der Waals surface area (Å²) in [6.45, 7) is 2.03. The summed E-state index contributed by atoms with van der Waals surface area (Å²) in [7, 11) is 0. The molecule has 3 nitrogen and oxygen atoms in total. The van der Waals surface area contributed by atoms with Crippen molar-refractivity contribution in [2.75, 3.05) is 19.7 Å². The molecule has 1 fully saturated rings. The molecule has 0 saturated carbocycles. The van der Waals surface area contributed by atoms with Crippen LogP contribution in [-0.4, -0.2) is 31.6 Å². The number of carbonyl (C=O) groups excluding carboxylic acids is 1. The molecule has 0 aromatic heterocycles. The molecule has 1 aliphatic heterocycles. The van der Waals surface area contributed by atoms with Crippen LogP contribution in [0, 0.1) is 0 Å². The Labute approximate surface area is 99.7 Å². The van der Waals surface area contributed by atoms with Gasteiger partial charge in [-0.15, -0.1) is 0 Å². The lowest BCUT2D eigenvalue weighted by molar-refractivity contribution is -0.131. The maximum Gasteiger partial charge on any atom is 0.167 e. The molecule has 0 bridgehead atoms. The van der Waals surface area contributed by atoms with E-state index in [1.165, 1.54) is 0 Å². The van der Waals surface area contributed by atoms with Gasteiger partial charge in [-0.3, -0.25) is 4.79 Å². The normalized spacial score (nSPS) is 20.7. The van der Waals surface area contributed by atoms with Crippen LogP contribution in [0.4, 0.5) is 0 Å². The average Bonchev–Trinajstić information content (AvgIpc) is 2.30. The molecule has 2 rings (SSSR count). The predicted molar refractivity (Wildman–Crippen MR) is 62.8 cm³/mol. The third kappa shape index (κ3) is 3.04. The average molecular weight is 240 g/mol. The Morgan fingerprint density at radius 3 is 3.12 bits per heavy atom. The Hall–Kier alpha value is -0.900. The van der Waals surface area contributed by atoms with Crippen LogP contribution in [0.3, 0.4) is 0 Å². The van der Waals surface area contributed by atoms with Gasteiger partial charge in [0.15, 0.2) is 5.78 Å². The molecule has 1 aliphatic rings. The number of ketones is 1. The van der Waals surface area contributed by atoms with Crippen molar-refractivity contribution in [2.45, 2.75) is 12.5 Å². The van der Waals surface area contributed by atoms with Crippen LogP contribution in [0.15, 0.2) is 24.3 Å². The summed E-state index contributed by atoms with van der Waals surface area (Å²) in [5.74, 6) is 0.106. The minimum absolute atomic E-state index is 0.106. The summed E-state index contributed by atoms with van der Waals surface area (Å²) in [6, 6.07) is 7.37. The van der Waals surface area contributed by atoms with Gasteiger partial charge in [-0.25, -0.2) is 0 Å². The quantitative estimate of drug-likeness (QED) is 0.868. The molecule has 0 amide bonds. The number of hydrogen-bond acceptors (Lipinski definition) is 3. The van der Waals surface area contributed by atoms with Gasteiger partial charge < -0.3 is 10.1 Å². The fourth-order valence-electron chi connectivity index (χ4n) is 1.73. The van der Waals surface area contributed by atoms with Crippen LogP contribution in [0.1, 0.15) is 5.56 Å². The molecule has 0 spiro atoms. The van der Waals surface area contributed by atoms with Crippen molar-refractivity contribution in [2.24, 2.45) is 0 Å². The summed E-state index contributed by atoms with van der Waals surface area (Å²) < 4.78 is 5.40. The Kier molecular flexibility index (Phi) is 3.93. The Bertz CT molecular complexity index is 375. The molecular formula is C12H14ClNO2. The van der Waals surface area contributed by atoms with Gasteiger partial charge in [-0.1, -0.05) is 23.7 Å². The Morgan fingerprint density at radius 2 is 2.44 bits per heavy atom. The number of Topliss-reactive ketones (excluding diaryl/α,β-unsaturated/α-hetero) is 1. The van der Waals surface area contributed by atoms with Crippen LogP contribution >= 0.6 is 11.6 Å². The van der Waals surface area contributed by atoms with Crippen LogP contribution in [0.5, 0.6) is 0 Å². The lowest BCUT2D eigenvalue weighted by atomic mass is 10.0. The minimum atomic E-state index is -0.312. The van der Waals surface area contributed by atoms with Crippen LogP contribution in [-0.2, 0) is 16.0 Å². The second-order valence-corrected chi connectivity index (χ2v) is 4.27. The van der Waals surface area contributed by atoms with Crippen molar-refractivity contribution >= 4 is 17.4 Å². The van der Waals surface area contributed by atoms with E-state index in [4.69, 9.17) is 16.3 Å². The number of halogens is 1. The largest absolute Gasteiger partial charge is 0.368 e. The predicted octanol–water partition coefficient (Wildman–Crippen LogP) is 1.44. The Morgan fingerprint density at radius 1 is 1.56 bits per heavy atom. The SMILES string of the molecule is O=C(Cc1cccc(Cl)c1)C1CNCCO1. The number of carbonyl (C=O) groups is 1. The zero-order valence-corrected chi connectivity index (χ0v) is 9.67. The molecule has 1 saturated heterocycles. The van der Waals surface area contributed by atoms with Crippen molar-refractivity contribution in [1.29, 1.82) is 0 Å². The van der Waals surface area contributed by atoms with Gasteiger partial charge in [-0.05, 0) is 17.7 Å². The second kappa shape index (κ2) is 5.43. The standard InChI is InChI=1S/C12H14ClNO2/c13-10-3-1-2-9(6-10)7-11(15)12-8-14-4-5-16-12/h1-3,6,12,14H,4-5,7-8H2. The lowest BCUT2D eigenvalue weighted by Crippen LogP contribution is -2.43. The lowest BCUT2D eigenvalue weighted by Gasteiger charge is -2.22. The second-order valence-electron chi connectivity index (χ2n) is 3.84. The number of rotatable bonds is 3. The molecule has 0 radical (unpaired) electrons.